The van der Waals surface area contributed by atoms with Gasteiger partial charge in [-0.15, -0.1) is 0 Å². The fourth-order valence-corrected chi connectivity index (χ4v) is 2.76. The summed E-state index contributed by atoms with van der Waals surface area (Å²) in [4.78, 5) is 0. The van der Waals surface area contributed by atoms with Crippen LogP contribution in [0.3, 0.4) is 0 Å². The van der Waals surface area contributed by atoms with Gasteiger partial charge in [-0.25, -0.2) is 0 Å². The number of hydrogen-bond acceptors (Lipinski definition) is 2. The molecule has 4 rings (SSSR count). The predicted molar refractivity (Wildman–Crippen MR) is 81.7 cm³/mol. The number of anilines is 1. The molecule has 0 amide bonds. The minimum atomic E-state index is 0.988. The van der Waals surface area contributed by atoms with E-state index >= 15 is 0 Å². The standard InChI is InChI=1S/C17H15N3/c1-2-4-12(5-3-1)13-6-8-14(9-7-13)16-15-10-11-18-17(15)20-19-16/h1-9H,10-11H2,(H2,18,19,20). The largest absolute Gasteiger partial charge is 0.368 e. The van der Waals surface area contributed by atoms with E-state index in [1.54, 1.807) is 0 Å². The van der Waals surface area contributed by atoms with Gasteiger partial charge in [0.25, 0.3) is 0 Å². The van der Waals surface area contributed by atoms with Crippen molar-refractivity contribution in [2.75, 3.05) is 11.9 Å². The third-order valence-corrected chi connectivity index (χ3v) is 3.82. The third-order valence-electron chi connectivity index (χ3n) is 3.82. The number of fused-ring (bicyclic) bond motifs is 1. The zero-order valence-electron chi connectivity index (χ0n) is 11.1. The topological polar surface area (TPSA) is 40.7 Å². The van der Waals surface area contributed by atoms with E-state index in [9.17, 15) is 0 Å². The molecule has 2 N–H and O–H groups in total. The van der Waals surface area contributed by atoms with E-state index in [0.29, 0.717) is 0 Å². The van der Waals surface area contributed by atoms with Crippen molar-refractivity contribution in [3.8, 4) is 22.4 Å². The lowest BCUT2D eigenvalue weighted by Crippen LogP contribution is -1.94. The van der Waals surface area contributed by atoms with Gasteiger partial charge in [0.2, 0.25) is 0 Å². The summed E-state index contributed by atoms with van der Waals surface area (Å²) in [5.41, 5.74) is 6.13. The van der Waals surface area contributed by atoms with E-state index in [-0.39, 0.29) is 0 Å². The zero-order valence-corrected chi connectivity index (χ0v) is 11.1. The first-order valence-corrected chi connectivity index (χ1v) is 6.89. The molecule has 0 radical (unpaired) electrons. The molecule has 0 saturated heterocycles. The third kappa shape index (κ3) is 1.79. The van der Waals surface area contributed by atoms with Gasteiger partial charge in [0.15, 0.2) is 5.82 Å². The zero-order chi connectivity index (χ0) is 13.4. The number of nitrogens with zero attached hydrogens (tertiary/aromatic N) is 1. The van der Waals surface area contributed by atoms with E-state index in [0.717, 1.165) is 24.5 Å². The SMILES string of the molecule is c1ccc(-c2ccc(-c3[nH]nc4c3CCN4)cc2)cc1. The Morgan fingerprint density at radius 3 is 2.30 bits per heavy atom. The second kappa shape index (κ2) is 4.53. The van der Waals surface area contributed by atoms with Crippen molar-refractivity contribution in [3.63, 3.8) is 0 Å². The van der Waals surface area contributed by atoms with Crippen molar-refractivity contribution in [1.82, 2.24) is 10.2 Å². The highest BCUT2D eigenvalue weighted by Gasteiger charge is 2.18. The lowest BCUT2D eigenvalue weighted by atomic mass is 10.0. The normalized spacial score (nSPS) is 13.0. The van der Waals surface area contributed by atoms with Crippen LogP contribution < -0.4 is 5.32 Å². The Bertz CT molecular complexity index is 727. The highest BCUT2D eigenvalue weighted by atomic mass is 15.2. The monoisotopic (exact) mass is 261 g/mol. The number of hydrogen-bond donors (Lipinski definition) is 2. The number of aromatic amines is 1. The van der Waals surface area contributed by atoms with Crippen LogP contribution in [0.25, 0.3) is 22.4 Å². The van der Waals surface area contributed by atoms with Crippen molar-refractivity contribution in [2.24, 2.45) is 0 Å². The molecule has 0 bridgehead atoms. The van der Waals surface area contributed by atoms with Crippen LogP contribution in [0.2, 0.25) is 0 Å². The number of aromatic nitrogens is 2. The van der Waals surface area contributed by atoms with Crippen molar-refractivity contribution in [3.05, 3.63) is 60.2 Å². The maximum Gasteiger partial charge on any atom is 0.151 e. The molecule has 3 heteroatoms. The van der Waals surface area contributed by atoms with Crippen LogP contribution >= 0.6 is 0 Å². The lowest BCUT2D eigenvalue weighted by Gasteiger charge is -2.04. The van der Waals surface area contributed by atoms with Gasteiger partial charge in [-0.1, -0.05) is 54.6 Å². The summed E-state index contributed by atoms with van der Waals surface area (Å²) in [6, 6.07) is 19.1. The molecule has 0 unspecified atom stereocenters. The summed E-state index contributed by atoms with van der Waals surface area (Å²) in [6.07, 6.45) is 1.04. The molecule has 0 fully saturated rings. The second-order valence-electron chi connectivity index (χ2n) is 5.05. The highest BCUT2D eigenvalue weighted by Crippen LogP contribution is 2.31. The Morgan fingerprint density at radius 2 is 1.50 bits per heavy atom. The highest BCUT2D eigenvalue weighted by molar-refractivity contribution is 5.73. The summed E-state index contributed by atoms with van der Waals surface area (Å²) in [5, 5.41) is 10.7. The molecule has 1 aliphatic rings. The van der Waals surface area contributed by atoms with Crippen LogP contribution in [-0.2, 0) is 6.42 Å². The Morgan fingerprint density at radius 1 is 0.800 bits per heavy atom. The van der Waals surface area contributed by atoms with Gasteiger partial charge in [-0.3, -0.25) is 5.10 Å². The molecule has 98 valence electrons. The van der Waals surface area contributed by atoms with Crippen molar-refractivity contribution >= 4 is 5.82 Å². The predicted octanol–water partition coefficient (Wildman–Crippen LogP) is 3.71. The van der Waals surface area contributed by atoms with E-state index in [1.807, 2.05) is 6.07 Å². The molecule has 20 heavy (non-hydrogen) atoms. The summed E-state index contributed by atoms with van der Waals surface area (Å²) in [5.74, 6) is 1.01. The Balaban J connectivity index is 1.71. The second-order valence-corrected chi connectivity index (χ2v) is 5.05. The Labute approximate surface area is 117 Å². The van der Waals surface area contributed by atoms with Crippen molar-refractivity contribution in [2.45, 2.75) is 6.42 Å². The first kappa shape index (κ1) is 11.3. The molecule has 2 aromatic carbocycles. The summed E-state index contributed by atoms with van der Waals surface area (Å²) in [6.45, 7) is 0.988. The average molecular weight is 261 g/mol. The van der Waals surface area contributed by atoms with Gasteiger partial charge in [0.1, 0.15) is 0 Å². The molecule has 1 aliphatic heterocycles. The van der Waals surface area contributed by atoms with Crippen LogP contribution in [0.4, 0.5) is 5.82 Å². The van der Waals surface area contributed by atoms with E-state index in [1.165, 1.54) is 22.3 Å². The molecular weight excluding hydrogens is 246 g/mol. The Kier molecular flexibility index (Phi) is 2.56. The minimum Gasteiger partial charge on any atom is -0.368 e. The van der Waals surface area contributed by atoms with E-state index < -0.39 is 0 Å². The van der Waals surface area contributed by atoms with Crippen LogP contribution in [0.15, 0.2) is 54.6 Å². The maximum absolute atomic E-state index is 4.32. The molecule has 0 spiro atoms. The number of nitrogens with one attached hydrogen (secondary N) is 2. The number of rotatable bonds is 2. The number of benzene rings is 2. The van der Waals surface area contributed by atoms with Crippen molar-refractivity contribution in [1.29, 1.82) is 0 Å². The van der Waals surface area contributed by atoms with Gasteiger partial charge in [0.05, 0.1) is 5.69 Å². The molecule has 2 heterocycles. The van der Waals surface area contributed by atoms with Gasteiger partial charge in [-0.05, 0) is 23.1 Å². The fraction of sp³-hybridized carbons (Fsp3) is 0.118. The molecule has 3 aromatic rings. The summed E-state index contributed by atoms with van der Waals surface area (Å²) < 4.78 is 0. The van der Waals surface area contributed by atoms with E-state index in [2.05, 4.69) is 64.0 Å². The van der Waals surface area contributed by atoms with Gasteiger partial charge >= 0.3 is 0 Å². The smallest absolute Gasteiger partial charge is 0.151 e. The quantitative estimate of drug-likeness (QED) is 0.738. The van der Waals surface area contributed by atoms with Gasteiger partial charge in [0, 0.05) is 12.1 Å². The molecular formula is C17H15N3. The summed E-state index contributed by atoms with van der Waals surface area (Å²) >= 11 is 0. The van der Waals surface area contributed by atoms with Crippen molar-refractivity contribution < 1.29 is 0 Å². The molecule has 0 saturated carbocycles. The molecule has 0 atom stereocenters. The summed E-state index contributed by atoms with van der Waals surface area (Å²) in [7, 11) is 0. The fourth-order valence-electron chi connectivity index (χ4n) is 2.76. The van der Waals surface area contributed by atoms with Crippen LogP contribution in [0, 0.1) is 0 Å². The molecule has 3 nitrogen and oxygen atoms in total. The Hall–Kier alpha value is -2.55. The van der Waals surface area contributed by atoms with Crippen LogP contribution in [-0.4, -0.2) is 16.7 Å². The average Bonchev–Trinajstić information content (AvgIpc) is 3.11. The first-order valence-electron chi connectivity index (χ1n) is 6.89. The van der Waals surface area contributed by atoms with Gasteiger partial charge in [-0.2, -0.15) is 5.10 Å². The van der Waals surface area contributed by atoms with Crippen LogP contribution in [0.1, 0.15) is 5.56 Å². The van der Waals surface area contributed by atoms with Gasteiger partial charge < -0.3 is 5.32 Å². The van der Waals surface area contributed by atoms with E-state index in [4.69, 9.17) is 0 Å². The molecule has 1 aromatic heterocycles. The van der Waals surface area contributed by atoms with Crippen LogP contribution in [0.5, 0.6) is 0 Å². The molecule has 0 aliphatic carbocycles. The first-order chi connectivity index (χ1) is 9.92. The minimum absolute atomic E-state index is 0.988. The maximum atomic E-state index is 4.32. The lowest BCUT2D eigenvalue weighted by molar-refractivity contribution is 1.04. The number of H-pyrrole nitrogens is 1.